The fourth-order valence-electron chi connectivity index (χ4n) is 2.60. The third-order valence-electron chi connectivity index (χ3n) is 3.80. The third kappa shape index (κ3) is 4.18. The number of benzene rings is 1. The molecule has 1 heterocycles. The first-order chi connectivity index (χ1) is 10.0. The molecule has 0 spiro atoms. The molecule has 21 heavy (non-hydrogen) atoms. The number of oxime groups is 1. The van der Waals surface area contributed by atoms with E-state index >= 15 is 0 Å². The molecule has 1 saturated heterocycles. The lowest BCUT2D eigenvalue weighted by Gasteiger charge is -2.20. The Bertz CT molecular complexity index is 587. The molecule has 0 aliphatic carbocycles. The van der Waals surface area contributed by atoms with Gasteiger partial charge in [0.25, 0.3) is 0 Å². The summed E-state index contributed by atoms with van der Waals surface area (Å²) in [4.78, 5) is 0. The first-order valence-corrected chi connectivity index (χ1v) is 8.71. The zero-order chi connectivity index (χ0) is 15.3. The maximum Gasteiger partial charge on any atom is 0.154 e. The monoisotopic (exact) mass is 311 g/mol. The highest BCUT2D eigenvalue weighted by atomic mass is 32.2. The van der Waals surface area contributed by atoms with Crippen molar-refractivity contribution in [3.63, 3.8) is 0 Å². The second-order valence-electron chi connectivity index (χ2n) is 5.30. The van der Waals surface area contributed by atoms with E-state index in [-0.39, 0.29) is 22.9 Å². The topological polar surface area (TPSA) is 105 Å². The van der Waals surface area contributed by atoms with Crippen LogP contribution in [0.4, 0.5) is 0 Å². The van der Waals surface area contributed by atoms with E-state index in [2.05, 4.69) is 10.5 Å². The zero-order valence-electron chi connectivity index (χ0n) is 11.8. The normalized spacial score (nSPS) is 23.0. The van der Waals surface area contributed by atoms with Crippen LogP contribution in [0.3, 0.4) is 0 Å². The number of sulfone groups is 1. The van der Waals surface area contributed by atoms with Crippen LogP contribution in [0, 0.1) is 0 Å². The molecule has 1 aromatic rings. The first kappa shape index (κ1) is 15.8. The number of rotatable bonds is 6. The van der Waals surface area contributed by atoms with Gasteiger partial charge in [0.15, 0.2) is 9.84 Å². The Kier molecular flexibility index (Phi) is 5.19. The largest absolute Gasteiger partial charge is 0.409 e. The standard InChI is InChI=1S/C14H21N3O3S/c15-14(17-18)9-13(11-5-2-1-3-6-11)16-10-12-7-4-8-21(12,19)20/h1-3,5-6,12-13,16,18H,4,7-10H2,(H2,15,17). The Morgan fingerprint density at radius 2 is 2.14 bits per heavy atom. The molecule has 0 amide bonds. The summed E-state index contributed by atoms with van der Waals surface area (Å²) in [7, 11) is -2.97. The fraction of sp³-hybridized carbons (Fsp3) is 0.500. The number of hydrogen-bond donors (Lipinski definition) is 3. The maximum absolute atomic E-state index is 11.9. The minimum Gasteiger partial charge on any atom is -0.409 e. The lowest BCUT2D eigenvalue weighted by atomic mass is 10.0. The van der Waals surface area contributed by atoms with Gasteiger partial charge < -0.3 is 16.3 Å². The third-order valence-corrected chi connectivity index (χ3v) is 6.07. The van der Waals surface area contributed by atoms with Crippen LogP contribution in [0.25, 0.3) is 0 Å². The lowest BCUT2D eigenvalue weighted by Crippen LogP contribution is -2.35. The van der Waals surface area contributed by atoms with Crippen molar-refractivity contribution < 1.29 is 13.6 Å². The van der Waals surface area contributed by atoms with Gasteiger partial charge in [-0.05, 0) is 18.4 Å². The molecule has 2 rings (SSSR count). The summed E-state index contributed by atoms with van der Waals surface area (Å²) in [5.74, 6) is 0.390. The molecule has 1 aliphatic rings. The van der Waals surface area contributed by atoms with Crippen LogP contribution in [0.15, 0.2) is 35.5 Å². The average Bonchev–Trinajstić information content (AvgIpc) is 2.82. The summed E-state index contributed by atoms with van der Waals surface area (Å²) < 4.78 is 23.7. The van der Waals surface area contributed by atoms with Gasteiger partial charge in [-0.25, -0.2) is 8.42 Å². The highest BCUT2D eigenvalue weighted by Gasteiger charge is 2.31. The molecular weight excluding hydrogens is 290 g/mol. The van der Waals surface area contributed by atoms with Gasteiger partial charge in [0.2, 0.25) is 0 Å². The van der Waals surface area contributed by atoms with E-state index in [0.717, 1.165) is 12.0 Å². The Morgan fingerprint density at radius 3 is 2.71 bits per heavy atom. The molecule has 116 valence electrons. The molecule has 1 aromatic carbocycles. The second-order valence-corrected chi connectivity index (χ2v) is 7.70. The zero-order valence-corrected chi connectivity index (χ0v) is 12.6. The van der Waals surface area contributed by atoms with Gasteiger partial charge in [0.05, 0.1) is 11.0 Å². The van der Waals surface area contributed by atoms with Crippen molar-refractivity contribution in [3.8, 4) is 0 Å². The van der Waals surface area contributed by atoms with Crippen LogP contribution in [-0.4, -0.2) is 37.0 Å². The quantitative estimate of drug-likeness (QED) is 0.315. The van der Waals surface area contributed by atoms with E-state index in [1.807, 2.05) is 30.3 Å². The van der Waals surface area contributed by atoms with Crippen molar-refractivity contribution in [2.45, 2.75) is 30.6 Å². The van der Waals surface area contributed by atoms with E-state index in [0.29, 0.717) is 19.4 Å². The molecule has 0 aromatic heterocycles. The van der Waals surface area contributed by atoms with Crippen molar-refractivity contribution >= 4 is 15.7 Å². The van der Waals surface area contributed by atoms with Crippen molar-refractivity contribution in [2.75, 3.05) is 12.3 Å². The minimum atomic E-state index is -2.97. The number of amidine groups is 1. The summed E-state index contributed by atoms with van der Waals surface area (Å²) in [6.07, 6.45) is 1.75. The van der Waals surface area contributed by atoms with Crippen molar-refractivity contribution in [1.82, 2.24) is 5.32 Å². The fourth-order valence-corrected chi connectivity index (χ4v) is 4.38. The molecule has 4 N–H and O–H groups in total. The Morgan fingerprint density at radius 1 is 1.43 bits per heavy atom. The van der Waals surface area contributed by atoms with Crippen LogP contribution in [0.5, 0.6) is 0 Å². The van der Waals surface area contributed by atoms with E-state index in [1.165, 1.54) is 0 Å². The first-order valence-electron chi connectivity index (χ1n) is 6.99. The Balaban J connectivity index is 2.06. The summed E-state index contributed by atoms with van der Waals surface area (Å²) in [6, 6.07) is 9.42. The van der Waals surface area contributed by atoms with E-state index in [9.17, 15) is 8.42 Å². The molecule has 2 atom stereocenters. The van der Waals surface area contributed by atoms with Gasteiger partial charge in [-0.15, -0.1) is 0 Å². The number of nitrogens with one attached hydrogen (secondary N) is 1. The van der Waals surface area contributed by atoms with Gasteiger partial charge in [-0.1, -0.05) is 35.5 Å². The van der Waals surface area contributed by atoms with E-state index in [1.54, 1.807) is 0 Å². The molecule has 7 heteroatoms. The average molecular weight is 311 g/mol. The van der Waals surface area contributed by atoms with Crippen LogP contribution in [0.2, 0.25) is 0 Å². The Labute approximate surface area is 125 Å². The van der Waals surface area contributed by atoms with Gasteiger partial charge in [-0.3, -0.25) is 0 Å². The molecule has 6 nitrogen and oxygen atoms in total. The molecule has 0 radical (unpaired) electrons. The van der Waals surface area contributed by atoms with Gasteiger partial charge in [-0.2, -0.15) is 0 Å². The van der Waals surface area contributed by atoms with E-state index in [4.69, 9.17) is 10.9 Å². The number of hydrogen-bond acceptors (Lipinski definition) is 5. The van der Waals surface area contributed by atoms with Crippen LogP contribution in [-0.2, 0) is 9.84 Å². The van der Waals surface area contributed by atoms with E-state index < -0.39 is 9.84 Å². The predicted molar refractivity (Wildman–Crippen MR) is 82.0 cm³/mol. The molecule has 1 fully saturated rings. The number of nitrogens with zero attached hydrogens (tertiary/aromatic N) is 1. The predicted octanol–water partition coefficient (Wildman–Crippen LogP) is 1.03. The van der Waals surface area contributed by atoms with Crippen molar-refractivity contribution in [1.29, 1.82) is 0 Å². The molecule has 0 bridgehead atoms. The highest BCUT2D eigenvalue weighted by Crippen LogP contribution is 2.22. The summed E-state index contributed by atoms with van der Waals surface area (Å²) in [5.41, 5.74) is 6.58. The Hall–Kier alpha value is -1.60. The smallest absolute Gasteiger partial charge is 0.154 e. The minimum absolute atomic E-state index is 0.116. The summed E-state index contributed by atoms with van der Waals surface area (Å²) >= 11 is 0. The maximum atomic E-state index is 11.9. The number of nitrogens with two attached hydrogens (primary N) is 1. The van der Waals surface area contributed by atoms with Crippen molar-refractivity contribution in [2.24, 2.45) is 10.9 Å². The molecule has 1 aliphatic heterocycles. The SMILES string of the molecule is N/C(CC(NCC1CCCS1(=O)=O)c1ccccc1)=N/O. The summed E-state index contributed by atoms with van der Waals surface area (Å²) in [6.45, 7) is 0.389. The van der Waals surface area contributed by atoms with Crippen LogP contribution in [0.1, 0.15) is 30.9 Å². The molecule has 2 unspecified atom stereocenters. The van der Waals surface area contributed by atoms with Gasteiger partial charge in [0, 0.05) is 19.0 Å². The van der Waals surface area contributed by atoms with Crippen LogP contribution < -0.4 is 11.1 Å². The van der Waals surface area contributed by atoms with Crippen LogP contribution >= 0.6 is 0 Å². The second kappa shape index (κ2) is 6.91. The van der Waals surface area contributed by atoms with Gasteiger partial charge in [0.1, 0.15) is 5.84 Å². The summed E-state index contributed by atoms with van der Waals surface area (Å²) in [5, 5.41) is 14.6. The van der Waals surface area contributed by atoms with Crippen molar-refractivity contribution in [3.05, 3.63) is 35.9 Å². The molecular formula is C14H21N3O3S. The van der Waals surface area contributed by atoms with Gasteiger partial charge >= 0.3 is 0 Å². The highest BCUT2D eigenvalue weighted by molar-refractivity contribution is 7.92. The lowest BCUT2D eigenvalue weighted by molar-refractivity contribution is 0.315. The molecule has 0 saturated carbocycles.